The first-order valence-electron chi connectivity index (χ1n) is 5.57. The lowest BCUT2D eigenvalue weighted by molar-refractivity contribution is -0.125. The van der Waals surface area contributed by atoms with Crippen molar-refractivity contribution in [1.82, 2.24) is 5.32 Å². The largest absolute Gasteiger partial charge is 0.497 e. The Morgan fingerprint density at radius 1 is 1.41 bits per heavy atom. The van der Waals surface area contributed by atoms with Crippen LogP contribution in [0.3, 0.4) is 0 Å². The van der Waals surface area contributed by atoms with Crippen LogP contribution in [0.4, 0.5) is 0 Å². The molecule has 1 N–H and O–H groups in total. The minimum atomic E-state index is -0.0945. The molecule has 4 heteroatoms. The SMILES string of the molecule is COCC(=O)NC(C)Cc1cccc(OC)c1. The Morgan fingerprint density at radius 2 is 2.18 bits per heavy atom. The quantitative estimate of drug-likeness (QED) is 0.813. The number of amides is 1. The number of hydrogen-bond donors (Lipinski definition) is 1. The van der Waals surface area contributed by atoms with Gasteiger partial charge in [-0.2, -0.15) is 0 Å². The molecule has 4 nitrogen and oxygen atoms in total. The fraction of sp³-hybridized carbons (Fsp3) is 0.462. The molecule has 0 saturated carbocycles. The van der Waals surface area contributed by atoms with Crippen LogP contribution >= 0.6 is 0 Å². The molecule has 1 rings (SSSR count). The summed E-state index contributed by atoms with van der Waals surface area (Å²) in [5, 5.41) is 2.86. The number of benzene rings is 1. The van der Waals surface area contributed by atoms with E-state index in [1.807, 2.05) is 31.2 Å². The Morgan fingerprint density at radius 3 is 2.82 bits per heavy atom. The lowest BCUT2D eigenvalue weighted by atomic mass is 10.1. The smallest absolute Gasteiger partial charge is 0.246 e. The summed E-state index contributed by atoms with van der Waals surface area (Å²) in [7, 11) is 3.15. The molecule has 94 valence electrons. The Kier molecular flexibility index (Phi) is 5.49. The lowest BCUT2D eigenvalue weighted by Crippen LogP contribution is -2.36. The van der Waals surface area contributed by atoms with Crippen LogP contribution in [0.15, 0.2) is 24.3 Å². The van der Waals surface area contributed by atoms with Crippen LogP contribution in [0.25, 0.3) is 0 Å². The first-order chi connectivity index (χ1) is 8.15. The van der Waals surface area contributed by atoms with Gasteiger partial charge in [0.2, 0.25) is 5.91 Å². The van der Waals surface area contributed by atoms with E-state index in [1.54, 1.807) is 7.11 Å². The Hall–Kier alpha value is -1.55. The van der Waals surface area contributed by atoms with E-state index >= 15 is 0 Å². The van der Waals surface area contributed by atoms with E-state index in [2.05, 4.69) is 5.32 Å². The first kappa shape index (κ1) is 13.5. The van der Waals surface area contributed by atoms with Crippen molar-refractivity contribution < 1.29 is 14.3 Å². The van der Waals surface area contributed by atoms with E-state index in [4.69, 9.17) is 9.47 Å². The van der Waals surface area contributed by atoms with Crippen LogP contribution in [0.1, 0.15) is 12.5 Å². The van der Waals surface area contributed by atoms with Gasteiger partial charge in [0, 0.05) is 13.2 Å². The van der Waals surface area contributed by atoms with E-state index < -0.39 is 0 Å². The van der Waals surface area contributed by atoms with E-state index in [0.717, 1.165) is 17.7 Å². The molecule has 17 heavy (non-hydrogen) atoms. The average Bonchev–Trinajstić information content (AvgIpc) is 2.29. The van der Waals surface area contributed by atoms with Crippen LogP contribution in [-0.2, 0) is 16.0 Å². The van der Waals surface area contributed by atoms with Crippen molar-refractivity contribution in [3.8, 4) is 5.75 Å². The number of nitrogens with one attached hydrogen (secondary N) is 1. The third-order valence-corrected chi connectivity index (χ3v) is 2.36. The molecule has 0 aliphatic heterocycles. The summed E-state index contributed by atoms with van der Waals surface area (Å²) in [6, 6.07) is 7.90. The molecular weight excluding hydrogens is 218 g/mol. The minimum absolute atomic E-state index is 0.0738. The van der Waals surface area contributed by atoms with Crippen molar-refractivity contribution in [2.24, 2.45) is 0 Å². The molecule has 1 amide bonds. The van der Waals surface area contributed by atoms with Crippen molar-refractivity contribution in [2.45, 2.75) is 19.4 Å². The molecule has 0 aliphatic carbocycles. The van der Waals surface area contributed by atoms with Crippen LogP contribution < -0.4 is 10.1 Å². The van der Waals surface area contributed by atoms with Gasteiger partial charge in [-0.3, -0.25) is 4.79 Å². The number of methoxy groups -OCH3 is 2. The number of hydrogen-bond acceptors (Lipinski definition) is 3. The maximum Gasteiger partial charge on any atom is 0.246 e. The Bertz CT molecular complexity index is 365. The highest BCUT2D eigenvalue weighted by molar-refractivity contribution is 5.77. The maximum atomic E-state index is 11.3. The van der Waals surface area contributed by atoms with Crippen LogP contribution in [0.2, 0.25) is 0 Å². The Labute approximate surface area is 102 Å². The summed E-state index contributed by atoms with van der Waals surface area (Å²) in [6.07, 6.45) is 0.770. The fourth-order valence-electron chi connectivity index (χ4n) is 1.65. The van der Waals surface area contributed by atoms with E-state index in [9.17, 15) is 4.79 Å². The van der Waals surface area contributed by atoms with Crippen LogP contribution in [0, 0.1) is 0 Å². The van der Waals surface area contributed by atoms with Crippen molar-refractivity contribution >= 4 is 5.91 Å². The van der Waals surface area contributed by atoms with Gasteiger partial charge in [0.05, 0.1) is 7.11 Å². The summed E-state index contributed by atoms with van der Waals surface area (Å²) in [5.41, 5.74) is 1.13. The van der Waals surface area contributed by atoms with Gasteiger partial charge < -0.3 is 14.8 Å². The minimum Gasteiger partial charge on any atom is -0.497 e. The molecule has 0 fully saturated rings. The number of ether oxygens (including phenoxy) is 2. The van der Waals surface area contributed by atoms with E-state index in [-0.39, 0.29) is 18.6 Å². The number of rotatable bonds is 6. The van der Waals surface area contributed by atoms with Gasteiger partial charge in [0.1, 0.15) is 12.4 Å². The third kappa shape index (κ3) is 4.87. The van der Waals surface area contributed by atoms with E-state index in [0.29, 0.717) is 0 Å². The number of carbonyl (C=O) groups excluding carboxylic acids is 1. The van der Waals surface area contributed by atoms with Gasteiger partial charge >= 0.3 is 0 Å². The highest BCUT2D eigenvalue weighted by Crippen LogP contribution is 2.13. The second-order valence-corrected chi connectivity index (χ2v) is 3.96. The maximum absolute atomic E-state index is 11.3. The predicted molar refractivity (Wildman–Crippen MR) is 66.2 cm³/mol. The summed E-state index contributed by atoms with van der Waals surface area (Å²) in [5.74, 6) is 0.737. The molecule has 0 heterocycles. The van der Waals surface area contributed by atoms with Gasteiger partial charge in [-0.15, -0.1) is 0 Å². The molecule has 0 radical (unpaired) electrons. The molecule has 1 unspecified atom stereocenters. The molecule has 0 aromatic heterocycles. The highest BCUT2D eigenvalue weighted by Gasteiger charge is 2.08. The standard InChI is InChI=1S/C13H19NO3/c1-10(14-13(15)9-16-2)7-11-5-4-6-12(8-11)17-3/h4-6,8,10H,7,9H2,1-3H3,(H,14,15). The zero-order valence-corrected chi connectivity index (χ0v) is 10.5. The highest BCUT2D eigenvalue weighted by atomic mass is 16.5. The van der Waals surface area contributed by atoms with Gasteiger partial charge in [0.15, 0.2) is 0 Å². The molecule has 0 bridgehead atoms. The van der Waals surface area contributed by atoms with Crippen molar-refractivity contribution in [2.75, 3.05) is 20.8 Å². The third-order valence-electron chi connectivity index (χ3n) is 2.36. The normalized spacial score (nSPS) is 11.9. The fourth-order valence-corrected chi connectivity index (χ4v) is 1.65. The zero-order chi connectivity index (χ0) is 12.7. The van der Waals surface area contributed by atoms with Crippen molar-refractivity contribution in [3.05, 3.63) is 29.8 Å². The molecule has 1 atom stereocenters. The van der Waals surface area contributed by atoms with Crippen molar-refractivity contribution in [1.29, 1.82) is 0 Å². The first-order valence-corrected chi connectivity index (χ1v) is 5.57. The summed E-state index contributed by atoms with van der Waals surface area (Å²) >= 11 is 0. The summed E-state index contributed by atoms with van der Waals surface area (Å²) < 4.78 is 9.91. The second-order valence-electron chi connectivity index (χ2n) is 3.96. The average molecular weight is 237 g/mol. The lowest BCUT2D eigenvalue weighted by Gasteiger charge is -2.14. The predicted octanol–water partition coefficient (Wildman–Crippen LogP) is 1.39. The zero-order valence-electron chi connectivity index (χ0n) is 10.5. The van der Waals surface area contributed by atoms with Crippen LogP contribution in [0.5, 0.6) is 5.75 Å². The topological polar surface area (TPSA) is 47.6 Å². The Balaban J connectivity index is 2.49. The van der Waals surface area contributed by atoms with E-state index in [1.165, 1.54) is 7.11 Å². The van der Waals surface area contributed by atoms with Gasteiger partial charge in [-0.05, 0) is 31.0 Å². The summed E-state index contributed by atoms with van der Waals surface area (Å²) in [4.78, 5) is 11.3. The molecule has 0 spiro atoms. The second kappa shape index (κ2) is 6.91. The van der Waals surface area contributed by atoms with Gasteiger partial charge in [-0.25, -0.2) is 0 Å². The van der Waals surface area contributed by atoms with Crippen molar-refractivity contribution in [3.63, 3.8) is 0 Å². The van der Waals surface area contributed by atoms with Crippen LogP contribution in [-0.4, -0.2) is 32.8 Å². The number of carbonyl (C=O) groups is 1. The monoisotopic (exact) mass is 237 g/mol. The molecule has 1 aromatic carbocycles. The van der Waals surface area contributed by atoms with Gasteiger partial charge in [0.25, 0.3) is 0 Å². The molecule has 0 aliphatic rings. The van der Waals surface area contributed by atoms with Gasteiger partial charge in [-0.1, -0.05) is 12.1 Å². The molecule has 0 saturated heterocycles. The molecular formula is C13H19NO3. The summed E-state index contributed by atoms with van der Waals surface area (Å²) in [6.45, 7) is 2.06. The molecule has 1 aromatic rings.